The van der Waals surface area contributed by atoms with Crippen molar-refractivity contribution in [3.05, 3.63) is 18.2 Å². The Morgan fingerprint density at radius 1 is 1.11 bits per heavy atom. The van der Waals surface area contributed by atoms with E-state index in [2.05, 4.69) is 16.5 Å². The minimum absolute atomic E-state index is 0.0385. The van der Waals surface area contributed by atoms with Gasteiger partial charge in [0.1, 0.15) is 5.82 Å². The molecule has 0 aliphatic carbocycles. The Hall–Kier alpha value is -0.830. The quantitative estimate of drug-likeness (QED) is 0.638. The third kappa shape index (κ3) is 5.67. The Labute approximate surface area is 112 Å². The predicted octanol–water partition coefficient (Wildman–Crippen LogP) is 4.04. The Morgan fingerprint density at radius 2 is 1.72 bits per heavy atom. The summed E-state index contributed by atoms with van der Waals surface area (Å²) in [5, 5.41) is 0. The fourth-order valence-corrected chi connectivity index (χ4v) is 2.33. The number of aromatic nitrogens is 2. The third-order valence-corrected chi connectivity index (χ3v) is 3.44. The number of unbranched alkanes of at least 4 members (excludes halogenated alkanes) is 7. The maximum absolute atomic E-state index is 5.88. The lowest BCUT2D eigenvalue weighted by atomic mass is 10.1. The van der Waals surface area contributed by atoms with Crippen LogP contribution in [0.25, 0.3) is 0 Å². The summed E-state index contributed by atoms with van der Waals surface area (Å²) < 4.78 is 2.07. The molecule has 0 saturated heterocycles. The van der Waals surface area contributed by atoms with Gasteiger partial charge < -0.3 is 10.3 Å². The van der Waals surface area contributed by atoms with Gasteiger partial charge in [-0.1, -0.05) is 51.9 Å². The van der Waals surface area contributed by atoms with E-state index in [1.165, 1.54) is 51.4 Å². The molecule has 0 spiro atoms. The fraction of sp³-hybridized carbons (Fsp3) is 0.800. The average Bonchev–Trinajstić information content (AvgIpc) is 2.81. The number of aryl methyl sites for hydroxylation is 1. The van der Waals surface area contributed by atoms with Crippen LogP contribution in [0.3, 0.4) is 0 Å². The SMILES string of the molecule is CCCCCCCCCCc1nccn1C(C)N. The van der Waals surface area contributed by atoms with Gasteiger partial charge in [-0.25, -0.2) is 4.98 Å². The standard InChI is InChI=1S/C15H29N3/c1-3-4-5-6-7-8-9-10-11-15-17-12-13-18(15)14(2)16/h12-14H,3-11,16H2,1-2H3. The van der Waals surface area contributed by atoms with E-state index in [9.17, 15) is 0 Å². The Morgan fingerprint density at radius 3 is 2.33 bits per heavy atom. The van der Waals surface area contributed by atoms with E-state index in [1.807, 2.05) is 19.3 Å². The molecule has 3 nitrogen and oxygen atoms in total. The molecule has 1 heterocycles. The van der Waals surface area contributed by atoms with Crippen LogP contribution in [-0.4, -0.2) is 9.55 Å². The molecule has 0 bridgehead atoms. The average molecular weight is 251 g/mol. The highest BCUT2D eigenvalue weighted by Crippen LogP contribution is 2.11. The van der Waals surface area contributed by atoms with Crippen LogP contribution in [-0.2, 0) is 6.42 Å². The summed E-state index contributed by atoms with van der Waals surface area (Å²) >= 11 is 0. The minimum atomic E-state index is 0.0385. The summed E-state index contributed by atoms with van der Waals surface area (Å²) in [5.74, 6) is 1.14. The number of imidazole rings is 1. The van der Waals surface area contributed by atoms with Gasteiger partial charge in [-0.3, -0.25) is 0 Å². The zero-order valence-corrected chi connectivity index (χ0v) is 12.1. The summed E-state index contributed by atoms with van der Waals surface area (Å²) in [5.41, 5.74) is 5.88. The van der Waals surface area contributed by atoms with Crippen molar-refractivity contribution < 1.29 is 0 Å². The number of hydrogen-bond donors (Lipinski definition) is 1. The molecule has 0 fully saturated rings. The van der Waals surface area contributed by atoms with Crippen LogP contribution >= 0.6 is 0 Å². The summed E-state index contributed by atoms with van der Waals surface area (Å²) in [6.45, 7) is 4.26. The van der Waals surface area contributed by atoms with E-state index in [1.54, 1.807) is 0 Å². The molecule has 1 rings (SSSR count). The van der Waals surface area contributed by atoms with Crippen molar-refractivity contribution in [3.63, 3.8) is 0 Å². The zero-order chi connectivity index (χ0) is 13.2. The van der Waals surface area contributed by atoms with Gasteiger partial charge in [0.05, 0.1) is 6.17 Å². The molecular weight excluding hydrogens is 222 g/mol. The van der Waals surface area contributed by atoms with E-state index >= 15 is 0 Å². The maximum Gasteiger partial charge on any atom is 0.109 e. The molecule has 0 saturated carbocycles. The second-order valence-electron chi connectivity index (χ2n) is 5.22. The van der Waals surface area contributed by atoms with E-state index in [4.69, 9.17) is 5.73 Å². The van der Waals surface area contributed by atoms with Crippen LogP contribution in [0.5, 0.6) is 0 Å². The van der Waals surface area contributed by atoms with Crippen LogP contribution in [0.2, 0.25) is 0 Å². The van der Waals surface area contributed by atoms with Gasteiger partial charge in [0.15, 0.2) is 0 Å². The number of hydrogen-bond acceptors (Lipinski definition) is 2. The van der Waals surface area contributed by atoms with Crippen LogP contribution in [0.15, 0.2) is 12.4 Å². The second-order valence-corrected chi connectivity index (χ2v) is 5.22. The zero-order valence-electron chi connectivity index (χ0n) is 12.1. The van der Waals surface area contributed by atoms with Gasteiger partial charge in [-0.15, -0.1) is 0 Å². The molecule has 0 aromatic carbocycles. The summed E-state index contributed by atoms with van der Waals surface area (Å²) in [4.78, 5) is 4.38. The molecular formula is C15H29N3. The Balaban J connectivity index is 2.05. The van der Waals surface area contributed by atoms with Crippen LogP contribution in [0.4, 0.5) is 0 Å². The molecule has 1 unspecified atom stereocenters. The first-order valence-electron chi connectivity index (χ1n) is 7.53. The molecule has 104 valence electrons. The first kappa shape index (κ1) is 15.2. The van der Waals surface area contributed by atoms with Gasteiger partial charge >= 0.3 is 0 Å². The molecule has 2 N–H and O–H groups in total. The lowest BCUT2D eigenvalue weighted by Crippen LogP contribution is -2.16. The van der Waals surface area contributed by atoms with Crippen molar-refractivity contribution >= 4 is 0 Å². The fourth-order valence-electron chi connectivity index (χ4n) is 2.33. The van der Waals surface area contributed by atoms with Gasteiger partial charge in [0.25, 0.3) is 0 Å². The summed E-state index contributed by atoms with van der Waals surface area (Å²) in [6.07, 6.45) is 15.8. The molecule has 0 radical (unpaired) electrons. The number of rotatable bonds is 10. The topological polar surface area (TPSA) is 43.8 Å². The normalized spacial score (nSPS) is 12.8. The highest BCUT2D eigenvalue weighted by atomic mass is 15.1. The minimum Gasteiger partial charge on any atom is -0.319 e. The Kier molecular flexibility index (Phi) is 7.74. The predicted molar refractivity (Wildman–Crippen MR) is 77.4 cm³/mol. The van der Waals surface area contributed by atoms with E-state index in [0.29, 0.717) is 0 Å². The van der Waals surface area contributed by atoms with Crippen molar-refractivity contribution in [2.24, 2.45) is 5.73 Å². The van der Waals surface area contributed by atoms with Gasteiger partial charge in [0, 0.05) is 18.8 Å². The lowest BCUT2D eigenvalue weighted by molar-refractivity contribution is 0.524. The van der Waals surface area contributed by atoms with E-state index in [-0.39, 0.29) is 6.17 Å². The van der Waals surface area contributed by atoms with Crippen molar-refractivity contribution in [1.82, 2.24) is 9.55 Å². The first-order chi connectivity index (χ1) is 8.75. The molecule has 0 aliphatic rings. The Bertz CT molecular complexity index is 304. The second kappa shape index (κ2) is 9.15. The molecule has 0 amide bonds. The van der Waals surface area contributed by atoms with E-state index < -0.39 is 0 Å². The summed E-state index contributed by atoms with van der Waals surface area (Å²) in [7, 11) is 0. The van der Waals surface area contributed by atoms with Crippen molar-refractivity contribution in [2.75, 3.05) is 0 Å². The summed E-state index contributed by atoms with van der Waals surface area (Å²) in [6, 6.07) is 0. The monoisotopic (exact) mass is 251 g/mol. The first-order valence-corrected chi connectivity index (χ1v) is 7.53. The molecule has 1 aromatic rings. The van der Waals surface area contributed by atoms with Gasteiger partial charge in [-0.2, -0.15) is 0 Å². The molecule has 3 heteroatoms. The van der Waals surface area contributed by atoms with Crippen molar-refractivity contribution in [3.8, 4) is 0 Å². The highest BCUT2D eigenvalue weighted by Gasteiger charge is 2.05. The molecule has 18 heavy (non-hydrogen) atoms. The number of nitrogens with zero attached hydrogens (tertiary/aromatic N) is 2. The third-order valence-electron chi connectivity index (χ3n) is 3.44. The van der Waals surface area contributed by atoms with Crippen molar-refractivity contribution in [2.45, 2.75) is 77.8 Å². The molecule has 1 atom stereocenters. The van der Waals surface area contributed by atoms with Gasteiger partial charge in [0.2, 0.25) is 0 Å². The lowest BCUT2D eigenvalue weighted by Gasteiger charge is -2.11. The molecule has 0 aliphatic heterocycles. The van der Waals surface area contributed by atoms with Crippen LogP contribution in [0, 0.1) is 0 Å². The maximum atomic E-state index is 5.88. The van der Waals surface area contributed by atoms with Crippen LogP contribution in [0.1, 0.15) is 77.2 Å². The van der Waals surface area contributed by atoms with E-state index in [0.717, 1.165) is 12.2 Å². The molecule has 1 aromatic heterocycles. The van der Waals surface area contributed by atoms with Crippen molar-refractivity contribution in [1.29, 1.82) is 0 Å². The smallest absolute Gasteiger partial charge is 0.109 e. The largest absolute Gasteiger partial charge is 0.319 e. The number of nitrogens with two attached hydrogens (primary N) is 1. The van der Waals surface area contributed by atoms with Gasteiger partial charge in [-0.05, 0) is 13.3 Å². The van der Waals surface area contributed by atoms with Crippen LogP contribution < -0.4 is 5.73 Å². The highest BCUT2D eigenvalue weighted by molar-refractivity contribution is 4.94.